The molecule has 0 unspecified atom stereocenters. The molecule has 0 saturated heterocycles. The number of hydrogen-bond acceptors (Lipinski definition) is 8. The number of imidazole rings is 1. The predicted molar refractivity (Wildman–Crippen MR) is 111 cm³/mol. The zero-order valence-corrected chi connectivity index (χ0v) is 16.8. The minimum atomic E-state index is -0.256. The summed E-state index contributed by atoms with van der Waals surface area (Å²) in [6, 6.07) is 7.61. The van der Waals surface area contributed by atoms with Crippen molar-refractivity contribution in [3.63, 3.8) is 0 Å². The average Bonchev–Trinajstić information content (AvgIpc) is 3.24. The maximum Gasteiger partial charge on any atom is 0.307 e. The van der Waals surface area contributed by atoms with Gasteiger partial charge >= 0.3 is 4.87 Å². The molecule has 2 N–H and O–H groups in total. The van der Waals surface area contributed by atoms with Gasteiger partial charge in [0.1, 0.15) is 24.2 Å². The van der Waals surface area contributed by atoms with E-state index in [-0.39, 0.29) is 10.8 Å². The van der Waals surface area contributed by atoms with Gasteiger partial charge in [0.15, 0.2) is 11.5 Å². The molecule has 0 aliphatic heterocycles. The number of aromatic amines is 1. The number of rotatable bonds is 7. The maximum atomic E-state index is 11.3. The molecule has 29 heavy (non-hydrogen) atoms. The van der Waals surface area contributed by atoms with E-state index < -0.39 is 0 Å². The first kappa shape index (κ1) is 18.9. The van der Waals surface area contributed by atoms with Gasteiger partial charge in [-0.05, 0) is 17.7 Å². The molecule has 0 radical (unpaired) electrons. The number of aryl methyl sites for hydroxylation is 1. The Hall–Kier alpha value is -3.40. The van der Waals surface area contributed by atoms with Gasteiger partial charge in [0.25, 0.3) is 0 Å². The fourth-order valence-electron chi connectivity index (χ4n) is 3.02. The molecule has 0 bridgehead atoms. The van der Waals surface area contributed by atoms with Gasteiger partial charge in [0.05, 0.1) is 17.7 Å². The van der Waals surface area contributed by atoms with E-state index in [9.17, 15) is 9.90 Å². The second-order valence-electron chi connectivity index (χ2n) is 6.60. The summed E-state index contributed by atoms with van der Waals surface area (Å²) in [5.74, 6) is 1.50. The molecule has 0 spiro atoms. The molecule has 0 amide bonds. The number of aromatic nitrogens is 5. The first-order valence-electron chi connectivity index (χ1n) is 8.97. The third-order valence-electron chi connectivity index (χ3n) is 4.54. The van der Waals surface area contributed by atoms with Crippen LogP contribution in [0.2, 0.25) is 0 Å². The van der Waals surface area contributed by atoms with Gasteiger partial charge in [0, 0.05) is 20.5 Å². The summed E-state index contributed by atoms with van der Waals surface area (Å²) in [7, 11) is 3.87. The Morgan fingerprint density at radius 2 is 2.03 bits per heavy atom. The molecule has 0 fully saturated rings. The second kappa shape index (κ2) is 7.92. The molecule has 4 aromatic rings. The number of benzene rings is 1. The third-order valence-corrected chi connectivity index (χ3v) is 5.41. The van der Waals surface area contributed by atoms with Crippen LogP contribution in [0, 0.1) is 0 Å². The monoisotopic (exact) mass is 412 g/mol. The molecule has 150 valence electrons. The topological polar surface area (TPSA) is 109 Å². The highest BCUT2D eigenvalue weighted by molar-refractivity contribution is 7.09. The van der Waals surface area contributed by atoms with E-state index in [4.69, 9.17) is 4.74 Å². The number of ether oxygens (including phenoxy) is 1. The fourth-order valence-corrected chi connectivity index (χ4v) is 3.77. The van der Waals surface area contributed by atoms with Crippen LogP contribution in [0.3, 0.4) is 0 Å². The molecular formula is C19H20N6O3S. The summed E-state index contributed by atoms with van der Waals surface area (Å²) in [6.07, 6.45) is 3.73. The van der Waals surface area contributed by atoms with Crippen molar-refractivity contribution in [1.82, 2.24) is 24.5 Å². The average molecular weight is 412 g/mol. The Labute approximate surface area is 170 Å². The maximum absolute atomic E-state index is 11.3. The van der Waals surface area contributed by atoms with Gasteiger partial charge in [-0.3, -0.25) is 9.78 Å². The number of thiazole rings is 1. The normalized spacial score (nSPS) is 11.1. The number of likely N-dealkylation sites (N-methyl/N-ethyl adjacent to an activating group) is 1. The summed E-state index contributed by atoms with van der Waals surface area (Å²) in [6.45, 7) is 1.13. The van der Waals surface area contributed by atoms with E-state index in [1.807, 2.05) is 47.8 Å². The van der Waals surface area contributed by atoms with Crippen LogP contribution in [-0.4, -0.2) is 49.8 Å². The number of fused-ring (bicyclic) bond motifs is 1. The number of hydrogen-bond donors (Lipinski definition) is 2. The Morgan fingerprint density at radius 1 is 1.24 bits per heavy atom. The Morgan fingerprint density at radius 3 is 2.76 bits per heavy atom. The summed E-state index contributed by atoms with van der Waals surface area (Å²) in [5, 5.41) is 9.69. The van der Waals surface area contributed by atoms with Gasteiger partial charge in [-0.15, -0.1) is 0 Å². The quantitative estimate of drug-likeness (QED) is 0.477. The lowest BCUT2D eigenvalue weighted by molar-refractivity contribution is 0.325. The van der Waals surface area contributed by atoms with Crippen LogP contribution in [0.5, 0.6) is 11.6 Å². The Bertz CT molecular complexity index is 1180. The first-order valence-corrected chi connectivity index (χ1v) is 9.79. The van der Waals surface area contributed by atoms with Crippen molar-refractivity contribution in [2.24, 2.45) is 7.05 Å². The molecule has 0 saturated carbocycles. The number of nitrogens with one attached hydrogen (secondary N) is 1. The summed E-state index contributed by atoms with van der Waals surface area (Å²) >= 11 is 1.02. The summed E-state index contributed by atoms with van der Waals surface area (Å²) < 4.78 is 7.75. The van der Waals surface area contributed by atoms with Gasteiger partial charge in [0.2, 0.25) is 5.88 Å². The predicted octanol–water partition coefficient (Wildman–Crippen LogP) is 1.92. The first-order chi connectivity index (χ1) is 14.0. The lowest BCUT2D eigenvalue weighted by Gasteiger charge is -2.19. The van der Waals surface area contributed by atoms with E-state index in [1.54, 1.807) is 6.33 Å². The van der Waals surface area contributed by atoms with Gasteiger partial charge in [-0.25, -0.2) is 15.0 Å². The number of aromatic hydroxyl groups is 1. The minimum absolute atomic E-state index is 0.0596. The molecule has 1 aromatic carbocycles. The van der Waals surface area contributed by atoms with Crippen LogP contribution in [-0.2, 0) is 13.5 Å². The molecule has 4 rings (SSSR count). The largest absolute Gasteiger partial charge is 0.494 e. The van der Waals surface area contributed by atoms with Crippen molar-refractivity contribution in [2.75, 3.05) is 25.1 Å². The molecule has 9 nitrogen and oxygen atoms in total. The van der Waals surface area contributed by atoms with Crippen LogP contribution in [0.25, 0.3) is 11.2 Å². The van der Waals surface area contributed by atoms with Crippen LogP contribution in [0.4, 0.5) is 5.82 Å². The van der Waals surface area contributed by atoms with Crippen molar-refractivity contribution in [3.05, 3.63) is 57.0 Å². The van der Waals surface area contributed by atoms with Gasteiger partial charge < -0.3 is 19.3 Å². The SMILES string of the molecule is CN(CCOc1ccc(Cc2sc(=O)[nH]c2O)cc1)c1ncnc2ncn(C)c12. The third kappa shape index (κ3) is 4.06. The van der Waals surface area contributed by atoms with Gasteiger partial charge in [-0.1, -0.05) is 23.5 Å². The second-order valence-corrected chi connectivity index (χ2v) is 7.67. The van der Waals surface area contributed by atoms with E-state index in [0.717, 1.165) is 34.0 Å². The Kier molecular flexibility index (Phi) is 5.17. The smallest absolute Gasteiger partial charge is 0.307 e. The number of anilines is 1. The molecule has 0 aliphatic carbocycles. The molecular weight excluding hydrogens is 392 g/mol. The zero-order chi connectivity index (χ0) is 20.4. The molecule has 0 aliphatic rings. The molecule has 3 aromatic heterocycles. The standard InChI is InChI=1S/C19H20N6O3S/c1-24(17-15-16(20-10-21-17)22-11-25(15)2)7-8-28-13-5-3-12(4-6-13)9-14-18(26)23-19(27)29-14/h3-6,10-11,26H,7-9H2,1-2H3,(H,23,27). The fraction of sp³-hybridized carbons (Fsp3) is 0.263. The van der Waals surface area contributed by atoms with Crippen LogP contribution in [0.1, 0.15) is 10.4 Å². The highest BCUT2D eigenvalue weighted by Crippen LogP contribution is 2.22. The number of nitrogens with zero attached hydrogens (tertiary/aromatic N) is 5. The van der Waals surface area contributed by atoms with Crippen molar-refractivity contribution in [2.45, 2.75) is 6.42 Å². The van der Waals surface area contributed by atoms with E-state index in [0.29, 0.717) is 30.1 Å². The van der Waals surface area contributed by atoms with Crippen LogP contribution >= 0.6 is 11.3 Å². The van der Waals surface area contributed by atoms with Crippen molar-refractivity contribution in [3.8, 4) is 11.6 Å². The van der Waals surface area contributed by atoms with Crippen LogP contribution < -0.4 is 14.5 Å². The summed E-state index contributed by atoms with van der Waals surface area (Å²) in [4.78, 5) is 28.8. The number of H-pyrrole nitrogens is 1. The van der Waals surface area contributed by atoms with Crippen molar-refractivity contribution >= 4 is 28.3 Å². The summed E-state index contributed by atoms with van der Waals surface area (Å²) in [5.41, 5.74) is 2.54. The van der Waals surface area contributed by atoms with Crippen molar-refractivity contribution in [1.29, 1.82) is 0 Å². The minimum Gasteiger partial charge on any atom is -0.494 e. The van der Waals surface area contributed by atoms with E-state index in [2.05, 4.69) is 19.9 Å². The zero-order valence-electron chi connectivity index (χ0n) is 16.0. The lowest BCUT2D eigenvalue weighted by atomic mass is 10.1. The molecule has 3 heterocycles. The lowest BCUT2D eigenvalue weighted by Crippen LogP contribution is -2.25. The highest BCUT2D eigenvalue weighted by atomic mass is 32.1. The van der Waals surface area contributed by atoms with E-state index in [1.165, 1.54) is 6.33 Å². The van der Waals surface area contributed by atoms with Crippen LogP contribution in [0.15, 0.2) is 41.7 Å². The highest BCUT2D eigenvalue weighted by Gasteiger charge is 2.13. The Balaban J connectivity index is 1.35. The molecule has 10 heteroatoms. The van der Waals surface area contributed by atoms with E-state index >= 15 is 0 Å². The van der Waals surface area contributed by atoms with Crippen molar-refractivity contribution < 1.29 is 9.84 Å². The molecule has 0 atom stereocenters. The van der Waals surface area contributed by atoms with Gasteiger partial charge in [-0.2, -0.15) is 0 Å².